The molecule has 0 saturated heterocycles. The van der Waals surface area contributed by atoms with Gasteiger partial charge in [0.25, 0.3) is 0 Å². The van der Waals surface area contributed by atoms with E-state index in [2.05, 4.69) is 55.4 Å². The SMILES string of the molecule is CCC(C)CCCCCCCCC(=O)OC[C@H](COP(=O)(O)OC[C@H](O)COP(=O)(O)OC[C@@H](COC(=O)CCCCCCCCCC(C)C)OC(=O)CCCCCCCCCCCCCCCC(C)C)OC(=O)CCCCCCCCCCCCCCCCCCCCC(C)C. The van der Waals surface area contributed by atoms with Gasteiger partial charge in [0.2, 0.25) is 0 Å². The predicted octanol–water partition coefficient (Wildman–Crippen LogP) is 22.8. The number of ether oxygens (including phenoxy) is 4. The van der Waals surface area contributed by atoms with Crippen LogP contribution in [0.5, 0.6) is 0 Å². The van der Waals surface area contributed by atoms with Crippen LogP contribution in [0.2, 0.25) is 0 Å². The molecule has 0 aromatic carbocycles. The maximum absolute atomic E-state index is 13.1. The number of esters is 4. The van der Waals surface area contributed by atoms with Crippen molar-refractivity contribution < 1.29 is 80.2 Å². The fourth-order valence-electron chi connectivity index (χ4n) is 11.9. The molecular weight excluding hydrogens is 1270 g/mol. The number of carbonyl (C=O) groups excluding carboxylic acids is 4. The fraction of sp³-hybridized carbons (Fsp3) is 0.949. The number of unbranched alkanes of at least 4 members (excludes halogenated alkanes) is 40. The highest BCUT2D eigenvalue weighted by atomic mass is 31.2. The summed E-state index contributed by atoms with van der Waals surface area (Å²) in [6, 6.07) is 0. The summed E-state index contributed by atoms with van der Waals surface area (Å²) in [4.78, 5) is 72.8. The molecule has 0 aliphatic heterocycles. The largest absolute Gasteiger partial charge is 0.472 e. The maximum Gasteiger partial charge on any atom is 0.472 e. The average Bonchev–Trinajstić information content (AvgIpc) is 1.19. The molecular formula is C78H152O17P2. The molecule has 0 saturated carbocycles. The minimum absolute atomic E-state index is 0.106. The van der Waals surface area contributed by atoms with Crippen molar-refractivity contribution >= 4 is 39.5 Å². The summed E-state index contributed by atoms with van der Waals surface area (Å²) in [5, 5.41) is 10.6. The van der Waals surface area contributed by atoms with E-state index < -0.39 is 97.5 Å². The van der Waals surface area contributed by atoms with Gasteiger partial charge in [0.15, 0.2) is 12.2 Å². The molecule has 17 nitrogen and oxygen atoms in total. The Hall–Kier alpha value is -1.94. The summed E-state index contributed by atoms with van der Waals surface area (Å²) < 4.78 is 68.5. The van der Waals surface area contributed by atoms with E-state index in [1.54, 1.807) is 0 Å². The Morgan fingerprint density at radius 3 is 0.732 bits per heavy atom. The third-order valence-corrected chi connectivity index (χ3v) is 20.3. The molecule has 0 heterocycles. The lowest BCUT2D eigenvalue weighted by Crippen LogP contribution is -2.30. The van der Waals surface area contributed by atoms with Gasteiger partial charge in [-0.2, -0.15) is 0 Å². The molecule has 0 bridgehead atoms. The monoisotopic (exact) mass is 1420 g/mol. The van der Waals surface area contributed by atoms with Crippen LogP contribution in [-0.2, 0) is 65.4 Å². The van der Waals surface area contributed by atoms with Gasteiger partial charge in [0.1, 0.15) is 19.3 Å². The third-order valence-electron chi connectivity index (χ3n) is 18.4. The molecule has 19 heteroatoms. The molecule has 3 unspecified atom stereocenters. The number of rotatable bonds is 75. The average molecular weight is 1420 g/mol. The molecule has 0 rings (SSSR count). The van der Waals surface area contributed by atoms with Crippen LogP contribution in [0.1, 0.15) is 396 Å². The lowest BCUT2D eigenvalue weighted by molar-refractivity contribution is -0.161. The van der Waals surface area contributed by atoms with E-state index in [9.17, 15) is 43.2 Å². The van der Waals surface area contributed by atoms with Crippen molar-refractivity contribution in [2.75, 3.05) is 39.6 Å². The van der Waals surface area contributed by atoms with Crippen molar-refractivity contribution in [3.05, 3.63) is 0 Å². The Morgan fingerprint density at radius 1 is 0.289 bits per heavy atom. The van der Waals surface area contributed by atoms with Crippen LogP contribution in [-0.4, -0.2) is 96.7 Å². The molecule has 0 aliphatic rings. The standard InChI is InChI=1S/C78H152O17P2/c1-9-71(8)57-49-41-36-37-43-51-59-76(81)89-65-74(95-78(83)60-52-44-33-27-23-19-15-13-11-10-12-14-17-21-25-30-38-46-54-68(2)3)67-93-97(86,87)91-63-72(79)62-90-96(84,85)92-66-73(64-88-75(80)58-50-42-35-29-32-40-48-56-70(6)7)94-77(82)61-53-45-34-28-24-20-16-18-22-26-31-39-47-55-69(4)5/h68-74,79H,9-67H2,1-8H3,(H,84,85)(H,86,87)/t71?,72-,73-,74-/m1/s1. The van der Waals surface area contributed by atoms with Crippen molar-refractivity contribution in [1.82, 2.24) is 0 Å². The normalized spacial score (nSPS) is 14.4. The third kappa shape index (κ3) is 70.9. The van der Waals surface area contributed by atoms with Gasteiger partial charge in [0, 0.05) is 25.7 Å². The van der Waals surface area contributed by atoms with E-state index in [1.807, 2.05) is 0 Å². The minimum Gasteiger partial charge on any atom is -0.462 e. The Morgan fingerprint density at radius 2 is 0.495 bits per heavy atom. The first-order chi connectivity index (χ1) is 46.6. The minimum atomic E-state index is -4.96. The van der Waals surface area contributed by atoms with E-state index in [4.69, 9.17) is 37.0 Å². The van der Waals surface area contributed by atoms with Gasteiger partial charge < -0.3 is 33.8 Å². The van der Waals surface area contributed by atoms with Gasteiger partial charge >= 0.3 is 39.5 Å². The van der Waals surface area contributed by atoms with Crippen LogP contribution in [0, 0.1) is 23.7 Å². The molecule has 0 aromatic heterocycles. The number of hydrogen-bond donors (Lipinski definition) is 3. The number of carbonyl (C=O) groups is 4. The van der Waals surface area contributed by atoms with Crippen LogP contribution in [0.25, 0.3) is 0 Å². The van der Waals surface area contributed by atoms with Gasteiger partial charge in [-0.15, -0.1) is 0 Å². The van der Waals surface area contributed by atoms with Crippen molar-refractivity contribution in [3.8, 4) is 0 Å². The Kier molecular flexibility index (Phi) is 65.9. The molecule has 0 spiro atoms. The summed E-state index contributed by atoms with van der Waals surface area (Å²) in [6.45, 7) is 14.2. The van der Waals surface area contributed by atoms with Crippen LogP contribution < -0.4 is 0 Å². The second-order valence-electron chi connectivity index (χ2n) is 29.8. The van der Waals surface area contributed by atoms with Gasteiger partial charge in [-0.25, -0.2) is 9.13 Å². The highest BCUT2D eigenvalue weighted by Gasteiger charge is 2.30. The fourth-order valence-corrected chi connectivity index (χ4v) is 13.5. The lowest BCUT2D eigenvalue weighted by atomic mass is 10.00. The van der Waals surface area contributed by atoms with Crippen molar-refractivity contribution in [3.63, 3.8) is 0 Å². The van der Waals surface area contributed by atoms with Crippen LogP contribution >= 0.6 is 15.6 Å². The van der Waals surface area contributed by atoms with E-state index in [0.717, 1.165) is 120 Å². The molecule has 6 atom stereocenters. The number of phosphoric ester groups is 2. The topological polar surface area (TPSA) is 237 Å². The first kappa shape index (κ1) is 95.1. The summed E-state index contributed by atoms with van der Waals surface area (Å²) in [5.41, 5.74) is 0. The molecule has 0 amide bonds. The summed E-state index contributed by atoms with van der Waals surface area (Å²) in [5.74, 6) is 0.922. The quantitative estimate of drug-likeness (QED) is 0.0222. The summed E-state index contributed by atoms with van der Waals surface area (Å²) in [7, 11) is -9.92. The molecule has 3 N–H and O–H groups in total. The number of aliphatic hydroxyl groups is 1. The van der Waals surface area contributed by atoms with Gasteiger partial charge in [-0.1, -0.05) is 344 Å². The van der Waals surface area contributed by atoms with E-state index >= 15 is 0 Å². The first-order valence-electron chi connectivity index (χ1n) is 40.2. The molecule has 576 valence electrons. The van der Waals surface area contributed by atoms with E-state index in [-0.39, 0.29) is 25.7 Å². The smallest absolute Gasteiger partial charge is 0.462 e. The zero-order valence-electron chi connectivity index (χ0n) is 63.7. The molecule has 97 heavy (non-hydrogen) atoms. The Bertz CT molecular complexity index is 1900. The van der Waals surface area contributed by atoms with Crippen molar-refractivity contribution in [2.45, 2.75) is 414 Å². The number of phosphoric acid groups is 2. The molecule has 0 radical (unpaired) electrons. The number of aliphatic hydroxyl groups excluding tert-OH is 1. The maximum atomic E-state index is 13.1. The van der Waals surface area contributed by atoms with E-state index in [0.29, 0.717) is 31.6 Å². The van der Waals surface area contributed by atoms with Crippen molar-refractivity contribution in [1.29, 1.82) is 0 Å². The molecule has 0 aromatic rings. The second-order valence-corrected chi connectivity index (χ2v) is 32.7. The highest BCUT2D eigenvalue weighted by molar-refractivity contribution is 7.47. The summed E-state index contributed by atoms with van der Waals surface area (Å²) in [6.07, 6.45) is 52.9. The zero-order valence-corrected chi connectivity index (χ0v) is 65.5. The van der Waals surface area contributed by atoms with Crippen LogP contribution in [0.3, 0.4) is 0 Å². The van der Waals surface area contributed by atoms with Gasteiger partial charge in [-0.05, 0) is 49.4 Å². The zero-order chi connectivity index (χ0) is 71.7. The second kappa shape index (κ2) is 67.2. The summed E-state index contributed by atoms with van der Waals surface area (Å²) >= 11 is 0. The van der Waals surface area contributed by atoms with Gasteiger partial charge in [0.05, 0.1) is 26.4 Å². The Balaban J connectivity index is 5.18. The van der Waals surface area contributed by atoms with Crippen molar-refractivity contribution in [2.24, 2.45) is 23.7 Å². The van der Waals surface area contributed by atoms with Crippen LogP contribution in [0.4, 0.5) is 0 Å². The predicted molar refractivity (Wildman–Crippen MR) is 395 cm³/mol. The van der Waals surface area contributed by atoms with Gasteiger partial charge in [-0.3, -0.25) is 37.3 Å². The highest BCUT2D eigenvalue weighted by Crippen LogP contribution is 2.45. The molecule has 0 fully saturated rings. The van der Waals surface area contributed by atoms with Crippen LogP contribution in [0.15, 0.2) is 0 Å². The number of hydrogen-bond acceptors (Lipinski definition) is 15. The lowest BCUT2D eigenvalue weighted by Gasteiger charge is -2.21. The Labute approximate surface area is 594 Å². The first-order valence-corrected chi connectivity index (χ1v) is 43.2. The molecule has 0 aliphatic carbocycles. The van der Waals surface area contributed by atoms with E-state index in [1.165, 1.54) is 186 Å².